The average Bonchev–Trinajstić information content (AvgIpc) is 3.28. The molecule has 4 heteroatoms. The molecule has 28 heavy (non-hydrogen) atoms. The van der Waals surface area contributed by atoms with Crippen molar-refractivity contribution in [1.29, 1.82) is 0 Å². The second-order valence-corrected chi connectivity index (χ2v) is 9.77. The first kappa shape index (κ1) is 25.9. The van der Waals surface area contributed by atoms with Crippen LogP contribution in [0.4, 0.5) is 0 Å². The van der Waals surface area contributed by atoms with Gasteiger partial charge in [-0.25, -0.2) is 0 Å². The molecule has 0 bridgehead atoms. The predicted molar refractivity (Wildman–Crippen MR) is 120 cm³/mol. The number of aliphatic imine (C=N–C) groups is 1. The van der Waals surface area contributed by atoms with E-state index in [2.05, 4.69) is 84.6 Å². The van der Waals surface area contributed by atoms with Gasteiger partial charge in [-0.1, -0.05) is 81.0 Å². The van der Waals surface area contributed by atoms with Crippen LogP contribution >= 0.6 is 0 Å². The van der Waals surface area contributed by atoms with Crippen LogP contribution in [0.3, 0.4) is 0 Å². The summed E-state index contributed by atoms with van der Waals surface area (Å²) in [7, 11) is 0. The van der Waals surface area contributed by atoms with Crippen molar-refractivity contribution >= 4 is 5.71 Å². The molecule has 0 saturated carbocycles. The zero-order chi connectivity index (χ0) is 20.7. The van der Waals surface area contributed by atoms with Gasteiger partial charge in [0, 0.05) is 22.6 Å². The molecule has 2 aromatic rings. The van der Waals surface area contributed by atoms with Crippen molar-refractivity contribution in [2.45, 2.75) is 80.6 Å². The first-order valence-corrected chi connectivity index (χ1v) is 9.47. The maximum atomic E-state index is 4.95. The third kappa shape index (κ3) is 9.20. The summed E-state index contributed by atoms with van der Waals surface area (Å²) in [4.78, 5) is 4.31. The van der Waals surface area contributed by atoms with E-state index in [1.54, 1.807) is 18.7 Å². The zero-order valence-electron chi connectivity index (χ0n) is 18.5. The first-order valence-electron chi connectivity index (χ1n) is 9.47. The summed E-state index contributed by atoms with van der Waals surface area (Å²) in [6.45, 7) is 20.2. The number of rotatable bonds is 0. The topological polar surface area (TPSA) is 51.5 Å². The van der Waals surface area contributed by atoms with E-state index in [1.165, 1.54) is 11.3 Å². The van der Waals surface area contributed by atoms with Gasteiger partial charge in [0.15, 0.2) is 0 Å². The number of allylic oxidation sites excluding steroid dienone is 1. The van der Waals surface area contributed by atoms with Crippen molar-refractivity contribution in [3.05, 3.63) is 54.3 Å². The van der Waals surface area contributed by atoms with E-state index in [0.717, 1.165) is 12.3 Å². The highest BCUT2D eigenvalue weighted by atomic mass is 16.5. The molecule has 0 aromatic carbocycles. The van der Waals surface area contributed by atoms with Gasteiger partial charge in [-0.05, 0) is 23.1 Å². The van der Waals surface area contributed by atoms with E-state index < -0.39 is 0 Å². The standard InChI is InChI=1S/C8H13N.C8H12O.C7H11NO.CH4/c1-8(2,3)7-5-4-6-9-7;1-8(2,3)7-4-5-9-6-7;1-7(2,3)6-4-5-8-9-6;/h4-5H,6H2,1-3H3;4-6H,1-3H3;4-5H,1-3H3;1H4. The lowest BCUT2D eigenvalue weighted by Crippen LogP contribution is -2.16. The van der Waals surface area contributed by atoms with E-state index in [4.69, 9.17) is 8.94 Å². The first-order chi connectivity index (χ1) is 12.3. The van der Waals surface area contributed by atoms with Crippen molar-refractivity contribution in [1.82, 2.24) is 5.16 Å². The van der Waals surface area contributed by atoms with E-state index in [-0.39, 0.29) is 23.7 Å². The highest BCUT2D eigenvalue weighted by Crippen LogP contribution is 2.22. The Morgan fingerprint density at radius 1 is 0.857 bits per heavy atom. The van der Waals surface area contributed by atoms with Crippen molar-refractivity contribution < 1.29 is 8.94 Å². The summed E-state index contributed by atoms with van der Waals surface area (Å²) < 4.78 is 9.89. The van der Waals surface area contributed by atoms with Gasteiger partial charge in [0.05, 0.1) is 25.3 Å². The van der Waals surface area contributed by atoms with Crippen molar-refractivity contribution in [2.75, 3.05) is 6.54 Å². The minimum atomic E-state index is 0. The molecule has 0 spiro atoms. The maximum absolute atomic E-state index is 4.95. The highest BCUT2D eigenvalue weighted by Gasteiger charge is 2.17. The summed E-state index contributed by atoms with van der Waals surface area (Å²) in [5, 5.41) is 3.61. The molecule has 0 atom stereocenters. The number of hydrogen-bond acceptors (Lipinski definition) is 4. The molecule has 3 heterocycles. The van der Waals surface area contributed by atoms with Gasteiger partial charge in [-0.2, -0.15) is 0 Å². The molecule has 1 aliphatic rings. The van der Waals surface area contributed by atoms with Gasteiger partial charge in [-0.3, -0.25) is 4.99 Å². The van der Waals surface area contributed by atoms with Gasteiger partial charge in [-0.15, -0.1) is 0 Å². The van der Waals surface area contributed by atoms with E-state index in [1.807, 2.05) is 12.1 Å². The molecule has 3 rings (SSSR count). The van der Waals surface area contributed by atoms with Crippen LogP contribution in [0.25, 0.3) is 0 Å². The smallest absolute Gasteiger partial charge is 0.142 e. The van der Waals surface area contributed by atoms with Gasteiger partial charge in [0.1, 0.15) is 5.76 Å². The molecule has 0 amide bonds. The summed E-state index contributed by atoms with van der Waals surface area (Å²) >= 11 is 0. The van der Waals surface area contributed by atoms with Crippen LogP contribution in [0, 0.1) is 5.41 Å². The Bertz CT molecular complexity index is 658. The maximum Gasteiger partial charge on any atom is 0.142 e. The van der Waals surface area contributed by atoms with E-state index in [9.17, 15) is 0 Å². The normalized spacial score (nSPS) is 13.5. The summed E-state index contributed by atoms with van der Waals surface area (Å²) in [6.07, 6.45) is 9.38. The molecule has 0 saturated heterocycles. The Morgan fingerprint density at radius 2 is 1.50 bits per heavy atom. The van der Waals surface area contributed by atoms with Gasteiger partial charge >= 0.3 is 0 Å². The number of furan rings is 1. The summed E-state index contributed by atoms with van der Waals surface area (Å²) in [6, 6.07) is 3.89. The predicted octanol–water partition coefficient (Wildman–Crippen LogP) is 7.23. The van der Waals surface area contributed by atoms with Crippen molar-refractivity contribution in [3.63, 3.8) is 0 Å². The molecule has 0 aliphatic carbocycles. The fourth-order valence-corrected chi connectivity index (χ4v) is 2.15. The molecule has 1 aliphatic heterocycles. The molecule has 2 aromatic heterocycles. The van der Waals surface area contributed by atoms with Crippen LogP contribution < -0.4 is 0 Å². The van der Waals surface area contributed by atoms with Crippen LogP contribution in [0.5, 0.6) is 0 Å². The molecular formula is C24H40N2O2. The van der Waals surface area contributed by atoms with Crippen LogP contribution in [0.15, 0.2) is 56.9 Å². The Labute approximate surface area is 172 Å². The lowest BCUT2D eigenvalue weighted by molar-refractivity contribution is 0.329. The third-order valence-corrected chi connectivity index (χ3v) is 3.98. The fraction of sp³-hybridized carbons (Fsp3) is 0.583. The van der Waals surface area contributed by atoms with Crippen molar-refractivity contribution in [3.8, 4) is 0 Å². The lowest BCUT2D eigenvalue weighted by atomic mass is 9.89. The van der Waals surface area contributed by atoms with Crippen LogP contribution in [-0.4, -0.2) is 17.4 Å². The zero-order valence-corrected chi connectivity index (χ0v) is 18.5. The fourth-order valence-electron chi connectivity index (χ4n) is 2.15. The van der Waals surface area contributed by atoms with Crippen LogP contribution in [-0.2, 0) is 10.8 Å². The second kappa shape index (κ2) is 10.4. The summed E-state index contributed by atoms with van der Waals surface area (Å²) in [5.41, 5.74) is 3.04. The average molecular weight is 389 g/mol. The molecular weight excluding hydrogens is 348 g/mol. The molecule has 0 unspecified atom stereocenters. The van der Waals surface area contributed by atoms with Crippen LogP contribution in [0.1, 0.15) is 81.1 Å². The van der Waals surface area contributed by atoms with E-state index >= 15 is 0 Å². The number of hydrogen-bond donors (Lipinski definition) is 0. The highest BCUT2D eigenvalue weighted by molar-refractivity contribution is 6.00. The van der Waals surface area contributed by atoms with Gasteiger partial charge < -0.3 is 8.94 Å². The molecule has 0 radical (unpaired) electrons. The third-order valence-electron chi connectivity index (χ3n) is 3.98. The minimum Gasteiger partial charge on any atom is -0.472 e. The van der Waals surface area contributed by atoms with Gasteiger partial charge in [0.2, 0.25) is 0 Å². The lowest BCUT2D eigenvalue weighted by Gasteiger charge is -2.16. The Hall–Kier alpha value is -2.10. The summed E-state index contributed by atoms with van der Waals surface area (Å²) in [5.74, 6) is 0.933. The number of aromatic nitrogens is 1. The molecule has 4 nitrogen and oxygen atoms in total. The molecule has 0 N–H and O–H groups in total. The second-order valence-electron chi connectivity index (χ2n) is 9.77. The Kier molecular flexibility index (Phi) is 9.66. The van der Waals surface area contributed by atoms with Gasteiger partial charge in [0.25, 0.3) is 0 Å². The minimum absolute atomic E-state index is 0. The SMILES string of the molecule is C.CC(C)(C)C1=NCC=C1.CC(C)(C)c1ccno1.CC(C)(C)c1ccoc1. The molecule has 158 valence electrons. The van der Waals surface area contributed by atoms with E-state index in [0.29, 0.717) is 0 Å². The monoisotopic (exact) mass is 388 g/mol. The largest absolute Gasteiger partial charge is 0.472 e. The molecule has 0 fully saturated rings. The van der Waals surface area contributed by atoms with Crippen LogP contribution in [0.2, 0.25) is 0 Å². The Morgan fingerprint density at radius 3 is 1.71 bits per heavy atom. The number of nitrogens with zero attached hydrogens (tertiary/aromatic N) is 2. The van der Waals surface area contributed by atoms with Crippen molar-refractivity contribution in [2.24, 2.45) is 10.4 Å². The quantitative estimate of drug-likeness (QED) is 0.478. The Balaban J connectivity index is 0.000000384.